The fourth-order valence-electron chi connectivity index (χ4n) is 3.27. The van der Waals surface area contributed by atoms with Crippen LogP contribution in [0.15, 0.2) is 77.6 Å². The highest BCUT2D eigenvalue weighted by Gasteiger charge is 2.14. The van der Waals surface area contributed by atoms with Crippen LogP contribution in [0.25, 0.3) is 16.6 Å². The first kappa shape index (κ1) is 20.2. The molecule has 4 aromatic rings. The number of hydrogen-bond donors (Lipinski definition) is 1. The van der Waals surface area contributed by atoms with E-state index < -0.39 is 12.5 Å². The number of nitrogens with zero attached hydrogens (tertiary/aromatic N) is 2. The summed E-state index contributed by atoms with van der Waals surface area (Å²) < 4.78 is 31.0. The van der Waals surface area contributed by atoms with Gasteiger partial charge in [-0.25, -0.2) is 4.98 Å². The third kappa shape index (κ3) is 4.13. The minimum atomic E-state index is -3.01. The van der Waals surface area contributed by atoms with Crippen molar-refractivity contribution in [2.45, 2.75) is 13.5 Å². The van der Waals surface area contributed by atoms with Crippen LogP contribution in [0.1, 0.15) is 16.2 Å². The van der Waals surface area contributed by atoms with Crippen molar-refractivity contribution in [3.8, 4) is 11.4 Å². The Morgan fingerprint density at radius 3 is 2.42 bits per heavy atom. The second kappa shape index (κ2) is 8.35. The van der Waals surface area contributed by atoms with Crippen molar-refractivity contribution in [3.63, 3.8) is 0 Å². The number of hydrogen-bond acceptors (Lipinski definition) is 4. The maximum atomic E-state index is 12.9. The second-order valence-electron chi connectivity index (χ2n) is 6.69. The lowest BCUT2D eigenvalue weighted by molar-refractivity contribution is -0.0493. The Balaban J connectivity index is 1.62. The average Bonchev–Trinajstić information content (AvgIpc) is 2.75. The fraction of sp³-hybridized carbons (Fsp3) is 0.0870. The van der Waals surface area contributed by atoms with Crippen LogP contribution in [0.5, 0.6) is 5.75 Å². The number of aromatic nitrogens is 2. The van der Waals surface area contributed by atoms with Crippen LogP contribution in [0, 0.1) is 6.92 Å². The normalized spacial score (nSPS) is 11.0. The molecule has 31 heavy (non-hydrogen) atoms. The molecule has 8 heteroatoms. The lowest BCUT2D eigenvalue weighted by Crippen LogP contribution is -2.22. The quantitative estimate of drug-likeness (QED) is 0.513. The highest BCUT2D eigenvalue weighted by molar-refractivity contribution is 6.05. The van der Waals surface area contributed by atoms with Crippen molar-refractivity contribution in [1.29, 1.82) is 0 Å². The molecule has 4 rings (SSSR count). The van der Waals surface area contributed by atoms with Crippen molar-refractivity contribution >= 4 is 22.5 Å². The molecular weight excluding hydrogens is 404 g/mol. The number of amides is 1. The van der Waals surface area contributed by atoms with Gasteiger partial charge in [0.25, 0.3) is 11.5 Å². The van der Waals surface area contributed by atoms with E-state index in [0.29, 0.717) is 22.4 Å². The SMILES string of the molecule is Cc1nc2ccccc2c(=O)n1-c1ccc(C(=O)Nc2ccccc2OC(F)F)cc1. The molecule has 0 saturated carbocycles. The first-order valence-corrected chi connectivity index (χ1v) is 9.38. The Kier molecular flexibility index (Phi) is 5.44. The molecule has 1 aromatic heterocycles. The third-order valence-corrected chi connectivity index (χ3v) is 4.68. The number of para-hydroxylation sites is 3. The molecule has 0 saturated heterocycles. The molecule has 0 unspecified atom stereocenters. The molecule has 156 valence electrons. The van der Waals surface area contributed by atoms with Gasteiger partial charge in [-0.1, -0.05) is 24.3 Å². The Morgan fingerprint density at radius 2 is 1.68 bits per heavy atom. The monoisotopic (exact) mass is 421 g/mol. The van der Waals surface area contributed by atoms with Crippen molar-refractivity contribution in [2.75, 3.05) is 5.32 Å². The molecule has 1 N–H and O–H groups in total. The molecule has 0 aliphatic carbocycles. The van der Waals surface area contributed by atoms with Gasteiger partial charge in [0.2, 0.25) is 0 Å². The first-order chi connectivity index (χ1) is 14.9. The van der Waals surface area contributed by atoms with Gasteiger partial charge >= 0.3 is 6.61 Å². The van der Waals surface area contributed by atoms with E-state index in [9.17, 15) is 18.4 Å². The van der Waals surface area contributed by atoms with Crippen LogP contribution in [0.2, 0.25) is 0 Å². The van der Waals surface area contributed by atoms with Gasteiger partial charge < -0.3 is 10.1 Å². The number of rotatable bonds is 5. The van der Waals surface area contributed by atoms with Crippen LogP contribution < -0.4 is 15.6 Å². The molecule has 0 atom stereocenters. The molecular formula is C23H17F2N3O3. The number of fused-ring (bicyclic) bond motifs is 1. The summed E-state index contributed by atoms with van der Waals surface area (Å²) >= 11 is 0. The zero-order valence-corrected chi connectivity index (χ0v) is 16.4. The maximum Gasteiger partial charge on any atom is 0.387 e. The Morgan fingerprint density at radius 1 is 1.00 bits per heavy atom. The van der Waals surface area contributed by atoms with Crippen LogP contribution in [-0.2, 0) is 0 Å². The lowest BCUT2D eigenvalue weighted by atomic mass is 10.1. The largest absolute Gasteiger partial charge is 0.433 e. The summed E-state index contributed by atoms with van der Waals surface area (Å²) in [6, 6.07) is 19.3. The van der Waals surface area contributed by atoms with Gasteiger partial charge in [0, 0.05) is 5.56 Å². The van der Waals surface area contributed by atoms with E-state index in [4.69, 9.17) is 0 Å². The smallest absolute Gasteiger partial charge is 0.387 e. The van der Waals surface area contributed by atoms with Gasteiger partial charge in [-0.05, 0) is 55.5 Å². The molecule has 0 bridgehead atoms. The van der Waals surface area contributed by atoms with Gasteiger partial charge in [-0.3, -0.25) is 14.2 Å². The number of carbonyl (C=O) groups excluding carboxylic acids is 1. The number of benzene rings is 3. The third-order valence-electron chi connectivity index (χ3n) is 4.68. The van der Waals surface area contributed by atoms with E-state index in [-0.39, 0.29) is 22.6 Å². The zero-order chi connectivity index (χ0) is 22.0. The summed E-state index contributed by atoms with van der Waals surface area (Å²) in [6.07, 6.45) is 0. The maximum absolute atomic E-state index is 12.9. The molecule has 3 aromatic carbocycles. The predicted molar refractivity (Wildman–Crippen MR) is 113 cm³/mol. The number of halogens is 2. The molecule has 0 aliphatic heterocycles. The summed E-state index contributed by atoms with van der Waals surface area (Å²) in [5, 5.41) is 3.05. The van der Waals surface area contributed by atoms with Gasteiger partial charge in [0.1, 0.15) is 11.6 Å². The van der Waals surface area contributed by atoms with E-state index in [1.54, 1.807) is 55.5 Å². The van der Waals surface area contributed by atoms with Gasteiger partial charge in [0.05, 0.1) is 22.3 Å². The summed E-state index contributed by atoms with van der Waals surface area (Å²) in [7, 11) is 0. The summed E-state index contributed by atoms with van der Waals surface area (Å²) in [6.45, 7) is -1.27. The van der Waals surface area contributed by atoms with E-state index in [1.165, 1.54) is 22.8 Å². The van der Waals surface area contributed by atoms with Gasteiger partial charge in [-0.2, -0.15) is 8.78 Å². The van der Waals surface area contributed by atoms with E-state index >= 15 is 0 Å². The second-order valence-corrected chi connectivity index (χ2v) is 6.69. The number of carbonyl (C=O) groups is 1. The molecule has 0 fully saturated rings. The van der Waals surface area contributed by atoms with Gasteiger partial charge in [-0.15, -0.1) is 0 Å². The van der Waals surface area contributed by atoms with Crippen LogP contribution in [0.4, 0.5) is 14.5 Å². The summed E-state index contributed by atoms with van der Waals surface area (Å²) in [5.74, 6) is -0.122. The van der Waals surface area contributed by atoms with Crippen LogP contribution >= 0.6 is 0 Å². The van der Waals surface area contributed by atoms with E-state index in [1.807, 2.05) is 6.07 Å². The number of alkyl halides is 2. The average molecular weight is 421 g/mol. The van der Waals surface area contributed by atoms with Crippen LogP contribution in [0.3, 0.4) is 0 Å². The summed E-state index contributed by atoms with van der Waals surface area (Å²) in [5.41, 5.74) is 1.37. The molecule has 0 aliphatic rings. The number of anilines is 1. The standard InChI is InChI=1S/C23H17F2N3O3/c1-14-26-18-7-3-2-6-17(18)22(30)28(14)16-12-10-15(11-13-16)21(29)27-19-8-4-5-9-20(19)31-23(24)25/h2-13,23H,1H3,(H,27,29). The van der Waals surface area contributed by atoms with Crippen molar-refractivity contribution in [3.05, 3.63) is 94.5 Å². The molecule has 1 amide bonds. The van der Waals surface area contributed by atoms with E-state index in [2.05, 4.69) is 15.0 Å². The molecule has 0 radical (unpaired) electrons. The lowest BCUT2D eigenvalue weighted by Gasteiger charge is -2.13. The summed E-state index contributed by atoms with van der Waals surface area (Å²) in [4.78, 5) is 29.9. The van der Waals surface area contributed by atoms with E-state index in [0.717, 1.165) is 0 Å². The van der Waals surface area contributed by atoms with Gasteiger partial charge in [0.15, 0.2) is 0 Å². The molecule has 0 spiro atoms. The Hall–Kier alpha value is -4.07. The van der Waals surface area contributed by atoms with Crippen molar-refractivity contribution in [1.82, 2.24) is 9.55 Å². The molecule has 1 heterocycles. The highest BCUT2D eigenvalue weighted by atomic mass is 19.3. The highest BCUT2D eigenvalue weighted by Crippen LogP contribution is 2.26. The minimum Gasteiger partial charge on any atom is -0.433 e. The topological polar surface area (TPSA) is 73.2 Å². The minimum absolute atomic E-state index is 0.127. The van der Waals surface area contributed by atoms with Crippen molar-refractivity contribution < 1.29 is 18.3 Å². The predicted octanol–water partition coefficient (Wildman–Crippen LogP) is 4.55. The first-order valence-electron chi connectivity index (χ1n) is 9.38. The Labute approximate surface area is 175 Å². The Bertz CT molecular complexity index is 1320. The fourth-order valence-corrected chi connectivity index (χ4v) is 3.27. The molecule has 6 nitrogen and oxygen atoms in total. The number of nitrogens with one attached hydrogen (secondary N) is 1. The number of aryl methyl sites for hydroxylation is 1. The zero-order valence-electron chi connectivity index (χ0n) is 16.4. The van der Waals surface area contributed by atoms with Crippen LogP contribution in [-0.4, -0.2) is 22.1 Å². The number of ether oxygens (including phenoxy) is 1. The van der Waals surface area contributed by atoms with Crippen molar-refractivity contribution in [2.24, 2.45) is 0 Å².